The van der Waals surface area contributed by atoms with E-state index in [9.17, 15) is 9.18 Å². The zero-order valence-corrected chi connectivity index (χ0v) is 13.4. The molecule has 2 aromatic rings. The van der Waals surface area contributed by atoms with E-state index < -0.39 is 0 Å². The third-order valence-electron chi connectivity index (χ3n) is 5.10. The molecule has 2 atom stereocenters. The van der Waals surface area contributed by atoms with Gasteiger partial charge in [0.2, 0.25) is 5.91 Å². The number of nitrogens with zero attached hydrogens (tertiary/aromatic N) is 3. The van der Waals surface area contributed by atoms with Crippen LogP contribution in [0.1, 0.15) is 24.0 Å². The summed E-state index contributed by atoms with van der Waals surface area (Å²) in [6.45, 7) is 2.39. The number of benzene rings is 1. The van der Waals surface area contributed by atoms with Crippen LogP contribution in [0.25, 0.3) is 0 Å². The molecule has 1 aromatic heterocycles. The van der Waals surface area contributed by atoms with Gasteiger partial charge in [0.1, 0.15) is 5.82 Å². The molecule has 0 radical (unpaired) electrons. The van der Waals surface area contributed by atoms with Gasteiger partial charge in [-0.3, -0.25) is 14.7 Å². The van der Waals surface area contributed by atoms with Crippen molar-refractivity contribution >= 4 is 5.91 Å². The summed E-state index contributed by atoms with van der Waals surface area (Å²) in [6, 6.07) is 11.1. The molecule has 0 aliphatic carbocycles. The molecule has 0 unspecified atom stereocenters. The molecule has 1 aromatic carbocycles. The molecule has 4 rings (SSSR count). The van der Waals surface area contributed by atoms with Crippen molar-refractivity contribution in [3.8, 4) is 0 Å². The monoisotopic (exact) mass is 325 g/mol. The lowest BCUT2D eigenvalue weighted by atomic mass is 10.1. The van der Waals surface area contributed by atoms with Crippen molar-refractivity contribution in [3.05, 3.63) is 65.7 Å². The van der Waals surface area contributed by atoms with Gasteiger partial charge in [-0.2, -0.15) is 0 Å². The van der Waals surface area contributed by atoms with Crippen molar-refractivity contribution in [2.24, 2.45) is 0 Å². The van der Waals surface area contributed by atoms with Crippen molar-refractivity contribution in [2.75, 3.05) is 6.54 Å². The molecule has 0 saturated carbocycles. The molecule has 5 heteroatoms. The Morgan fingerprint density at radius 1 is 1.08 bits per heavy atom. The molecule has 2 saturated heterocycles. The highest BCUT2D eigenvalue weighted by Crippen LogP contribution is 2.34. The van der Waals surface area contributed by atoms with E-state index in [0.29, 0.717) is 13.0 Å². The van der Waals surface area contributed by atoms with Gasteiger partial charge in [0.05, 0.1) is 0 Å². The topological polar surface area (TPSA) is 36.4 Å². The van der Waals surface area contributed by atoms with Crippen molar-refractivity contribution in [1.82, 2.24) is 14.8 Å². The highest BCUT2D eigenvalue weighted by Gasteiger charge is 2.46. The third-order valence-corrected chi connectivity index (χ3v) is 5.10. The van der Waals surface area contributed by atoms with Crippen LogP contribution in [0.3, 0.4) is 0 Å². The van der Waals surface area contributed by atoms with Crippen LogP contribution < -0.4 is 0 Å². The van der Waals surface area contributed by atoms with E-state index in [1.165, 1.54) is 12.1 Å². The SMILES string of the molecule is O=C1C[C@@H]2[C@H](CCN2Cc2ccc(F)cc2)N1Cc1cccnc1. The summed E-state index contributed by atoms with van der Waals surface area (Å²) in [4.78, 5) is 21.0. The van der Waals surface area contributed by atoms with Crippen LogP contribution >= 0.6 is 0 Å². The standard InChI is InChI=1S/C19H20FN3O/c20-16-5-3-14(4-6-16)12-22-9-7-17-18(22)10-19(24)23(17)13-15-2-1-8-21-11-15/h1-6,8,11,17-18H,7,9-10,12-13H2/t17-,18+/m0/s1. The summed E-state index contributed by atoms with van der Waals surface area (Å²) in [7, 11) is 0. The molecule has 0 N–H and O–H groups in total. The third kappa shape index (κ3) is 2.91. The van der Waals surface area contributed by atoms with Gasteiger partial charge >= 0.3 is 0 Å². The van der Waals surface area contributed by atoms with Crippen molar-refractivity contribution in [3.63, 3.8) is 0 Å². The minimum absolute atomic E-state index is 0.211. The second kappa shape index (κ2) is 6.32. The number of carbonyl (C=O) groups excluding carboxylic acids is 1. The van der Waals surface area contributed by atoms with E-state index in [4.69, 9.17) is 0 Å². The average molecular weight is 325 g/mol. The first-order valence-electron chi connectivity index (χ1n) is 8.37. The molecule has 2 aliphatic rings. The van der Waals surface area contributed by atoms with Crippen LogP contribution in [0, 0.1) is 5.82 Å². The lowest BCUT2D eigenvalue weighted by Gasteiger charge is -2.25. The van der Waals surface area contributed by atoms with Crippen LogP contribution in [-0.2, 0) is 17.9 Å². The maximum absolute atomic E-state index is 13.1. The van der Waals surface area contributed by atoms with Crippen LogP contribution in [0.5, 0.6) is 0 Å². The molecule has 2 fully saturated rings. The van der Waals surface area contributed by atoms with Gasteiger partial charge in [-0.05, 0) is 35.7 Å². The molecule has 3 heterocycles. The lowest BCUT2D eigenvalue weighted by molar-refractivity contribution is -0.129. The Hall–Kier alpha value is -2.27. The Bertz CT molecular complexity index is 719. The predicted molar refractivity (Wildman–Crippen MR) is 88.4 cm³/mol. The second-order valence-corrected chi connectivity index (χ2v) is 6.61. The van der Waals surface area contributed by atoms with Gasteiger partial charge in [-0.1, -0.05) is 18.2 Å². The fourth-order valence-corrected chi connectivity index (χ4v) is 3.92. The highest BCUT2D eigenvalue weighted by atomic mass is 19.1. The normalized spacial score (nSPS) is 23.7. The number of pyridine rings is 1. The highest BCUT2D eigenvalue weighted by molar-refractivity contribution is 5.80. The molecular weight excluding hydrogens is 305 g/mol. The number of halogens is 1. The number of carbonyl (C=O) groups is 1. The van der Waals surface area contributed by atoms with Crippen LogP contribution in [-0.4, -0.2) is 39.3 Å². The molecule has 0 bridgehead atoms. The first kappa shape index (κ1) is 15.3. The Balaban J connectivity index is 1.46. The Labute approximate surface area is 140 Å². The van der Waals surface area contributed by atoms with Crippen molar-refractivity contribution < 1.29 is 9.18 Å². The predicted octanol–water partition coefficient (Wildman–Crippen LogP) is 2.60. The molecular formula is C19H20FN3O. The zero-order valence-electron chi connectivity index (χ0n) is 13.4. The number of aromatic nitrogens is 1. The number of hydrogen-bond donors (Lipinski definition) is 0. The summed E-state index contributed by atoms with van der Waals surface area (Å²) >= 11 is 0. The quantitative estimate of drug-likeness (QED) is 0.867. The summed E-state index contributed by atoms with van der Waals surface area (Å²) in [6.07, 6.45) is 5.15. The Kier molecular flexibility index (Phi) is 4.02. The number of hydrogen-bond acceptors (Lipinski definition) is 3. The Morgan fingerprint density at radius 3 is 2.67 bits per heavy atom. The van der Waals surface area contributed by atoms with Crippen LogP contribution in [0.2, 0.25) is 0 Å². The minimum atomic E-state index is -0.211. The molecule has 2 aliphatic heterocycles. The van der Waals surface area contributed by atoms with Gasteiger partial charge in [0.25, 0.3) is 0 Å². The van der Waals surface area contributed by atoms with E-state index in [2.05, 4.69) is 9.88 Å². The molecule has 0 spiro atoms. The maximum atomic E-state index is 13.1. The fraction of sp³-hybridized carbons (Fsp3) is 0.368. The van der Waals surface area contributed by atoms with Gasteiger partial charge in [-0.15, -0.1) is 0 Å². The maximum Gasteiger partial charge on any atom is 0.224 e. The Morgan fingerprint density at radius 2 is 1.92 bits per heavy atom. The summed E-state index contributed by atoms with van der Waals surface area (Å²) in [5.74, 6) is 0.00870. The van der Waals surface area contributed by atoms with E-state index in [1.54, 1.807) is 6.20 Å². The van der Waals surface area contributed by atoms with Crippen molar-refractivity contribution in [1.29, 1.82) is 0 Å². The lowest BCUT2D eigenvalue weighted by Crippen LogP contribution is -2.36. The van der Waals surface area contributed by atoms with Gasteiger partial charge < -0.3 is 4.90 Å². The smallest absolute Gasteiger partial charge is 0.224 e. The molecule has 4 nitrogen and oxygen atoms in total. The number of rotatable bonds is 4. The van der Waals surface area contributed by atoms with Crippen LogP contribution in [0.4, 0.5) is 4.39 Å². The summed E-state index contributed by atoms with van der Waals surface area (Å²) in [5, 5.41) is 0. The zero-order chi connectivity index (χ0) is 16.5. The van der Waals surface area contributed by atoms with E-state index >= 15 is 0 Å². The average Bonchev–Trinajstić information content (AvgIpc) is 3.11. The number of amides is 1. The van der Waals surface area contributed by atoms with Gasteiger partial charge in [-0.25, -0.2) is 4.39 Å². The molecule has 1 amide bonds. The van der Waals surface area contributed by atoms with Crippen LogP contribution in [0.15, 0.2) is 48.8 Å². The molecule has 24 heavy (non-hydrogen) atoms. The second-order valence-electron chi connectivity index (χ2n) is 6.61. The van der Waals surface area contributed by atoms with Crippen molar-refractivity contribution in [2.45, 2.75) is 38.0 Å². The number of likely N-dealkylation sites (tertiary alicyclic amines) is 2. The summed E-state index contributed by atoms with van der Waals surface area (Å²) in [5.41, 5.74) is 2.17. The number of fused-ring (bicyclic) bond motifs is 1. The summed E-state index contributed by atoms with van der Waals surface area (Å²) < 4.78 is 13.1. The van der Waals surface area contributed by atoms with Gasteiger partial charge in [0.15, 0.2) is 0 Å². The van der Waals surface area contributed by atoms with E-state index in [0.717, 1.165) is 30.6 Å². The molecule has 124 valence electrons. The minimum Gasteiger partial charge on any atom is -0.334 e. The first-order valence-corrected chi connectivity index (χ1v) is 8.37. The van der Waals surface area contributed by atoms with E-state index in [1.807, 2.05) is 35.4 Å². The van der Waals surface area contributed by atoms with Gasteiger partial charge in [0, 0.05) is 50.5 Å². The fourth-order valence-electron chi connectivity index (χ4n) is 3.92. The first-order chi connectivity index (χ1) is 11.7. The van der Waals surface area contributed by atoms with E-state index in [-0.39, 0.29) is 23.8 Å². The largest absolute Gasteiger partial charge is 0.334 e.